The number of hydrogen-bond donors (Lipinski definition) is 5. The summed E-state index contributed by atoms with van der Waals surface area (Å²) in [6.07, 6.45) is -0.193. The van der Waals surface area contributed by atoms with Crippen molar-refractivity contribution in [3.05, 3.63) is 45.5 Å². The van der Waals surface area contributed by atoms with Crippen molar-refractivity contribution in [1.29, 1.82) is 0 Å². The molecule has 1 unspecified atom stereocenters. The molecule has 0 aromatic heterocycles. The summed E-state index contributed by atoms with van der Waals surface area (Å²) in [6.45, 7) is 1.75. The third kappa shape index (κ3) is 3.30. The lowest BCUT2D eigenvalue weighted by atomic mass is 9.57. The van der Waals surface area contributed by atoms with Gasteiger partial charge in [0.25, 0.3) is 5.91 Å². The van der Waals surface area contributed by atoms with Gasteiger partial charge in [-0.15, -0.1) is 0 Å². The van der Waals surface area contributed by atoms with Gasteiger partial charge in [0.05, 0.1) is 11.6 Å². The van der Waals surface area contributed by atoms with Crippen molar-refractivity contribution in [2.75, 3.05) is 28.2 Å². The van der Waals surface area contributed by atoms with Crippen molar-refractivity contribution in [1.82, 2.24) is 9.80 Å². The number of carbonyl (C=O) groups excluding carboxylic acids is 3. The Balaban J connectivity index is 1.96. The Labute approximate surface area is 207 Å². The largest absolute Gasteiger partial charge is 0.508 e. The Morgan fingerprint density at radius 3 is 2.33 bits per heavy atom. The predicted octanol–water partition coefficient (Wildman–Crippen LogP) is 0.726. The van der Waals surface area contributed by atoms with Crippen molar-refractivity contribution >= 4 is 23.2 Å². The quantitative estimate of drug-likeness (QED) is 0.372. The number of likely N-dealkylation sites (N-methyl/N-ethyl adjacent to an activating group) is 1. The highest BCUT2D eigenvalue weighted by Crippen LogP contribution is 2.53. The SMILES string of the molecule is CC(c1cc(O)c2c(c1F)C[C@H]1C[C@H]3[C@H](N(C)C)C(=O)C(C(N)=O)=C(O)[C@@]3(O)C(=O)C1=C2O)N(C)C. The molecule has 1 fully saturated rings. The van der Waals surface area contributed by atoms with Crippen molar-refractivity contribution in [3.8, 4) is 5.75 Å². The highest BCUT2D eigenvalue weighted by Gasteiger charge is 2.64. The van der Waals surface area contributed by atoms with E-state index >= 15 is 4.39 Å². The number of rotatable bonds is 4. The first-order chi connectivity index (χ1) is 16.7. The maximum atomic E-state index is 15.7. The number of fused-ring (bicyclic) bond motifs is 3. The number of halogens is 1. The van der Waals surface area contributed by atoms with Crippen LogP contribution in [-0.2, 0) is 20.8 Å². The van der Waals surface area contributed by atoms with Gasteiger partial charge in [-0.25, -0.2) is 4.39 Å². The molecule has 36 heavy (non-hydrogen) atoms. The molecular formula is C25H30FN3O7. The maximum Gasteiger partial charge on any atom is 0.255 e. The lowest BCUT2D eigenvalue weighted by Crippen LogP contribution is -2.65. The summed E-state index contributed by atoms with van der Waals surface area (Å²) in [6, 6.07) is -0.416. The van der Waals surface area contributed by atoms with Crippen molar-refractivity contribution in [3.63, 3.8) is 0 Å². The second-order valence-electron chi connectivity index (χ2n) is 10.3. The smallest absolute Gasteiger partial charge is 0.255 e. The van der Waals surface area contributed by atoms with Crippen molar-refractivity contribution in [2.24, 2.45) is 17.6 Å². The standard InChI is InChI=1S/C25H30FN3O7/c1-9(28(2)3)11-8-14(30)16-12(18(11)26)6-10-7-13-19(29(4)5)21(32)17(24(27)35)23(34)25(13,36)22(33)15(10)20(16)31/h8-10,13,19,30-31,34,36H,6-7H2,1-5H3,(H2,27,35)/t9?,10-,13-,19-,25-/m0/s1. The Bertz CT molecular complexity index is 1270. The molecule has 11 heteroatoms. The molecule has 0 bridgehead atoms. The van der Waals surface area contributed by atoms with Crippen LogP contribution in [0.4, 0.5) is 4.39 Å². The first-order valence-electron chi connectivity index (χ1n) is 11.5. The number of hydrogen-bond acceptors (Lipinski definition) is 9. The number of aliphatic hydroxyl groups is 3. The lowest BCUT2D eigenvalue weighted by Gasteiger charge is -2.50. The van der Waals surface area contributed by atoms with Crippen molar-refractivity contribution < 1.29 is 39.2 Å². The molecule has 0 saturated heterocycles. The highest BCUT2D eigenvalue weighted by atomic mass is 19.1. The molecule has 3 aliphatic carbocycles. The van der Waals surface area contributed by atoms with E-state index in [1.807, 2.05) is 0 Å². The van der Waals surface area contributed by atoms with Gasteiger partial charge in [-0.2, -0.15) is 0 Å². The van der Waals surface area contributed by atoms with Crippen LogP contribution in [0.1, 0.15) is 36.1 Å². The number of phenolic OH excluding ortho intramolecular Hbond substituents is 1. The maximum absolute atomic E-state index is 15.7. The number of Topliss-reactive ketones (excluding diaryl/α,β-unsaturated/α-hetero) is 2. The first-order valence-corrected chi connectivity index (χ1v) is 11.5. The van der Waals surface area contributed by atoms with Crippen LogP contribution < -0.4 is 5.73 Å². The normalized spacial score (nSPS) is 28.9. The number of ketones is 2. The Morgan fingerprint density at radius 2 is 1.81 bits per heavy atom. The summed E-state index contributed by atoms with van der Waals surface area (Å²) in [4.78, 5) is 42.0. The second kappa shape index (κ2) is 8.39. The minimum atomic E-state index is -2.72. The molecule has 1 aromatic rings. The van der Waals surface area contributed by atoms with E-state index in [9.17, 15) is 34.8 Å². The van der Waals surface area contributed by atoms with Gasteiger partial charge in [0, 0.05) is 28.7 Å². The number of nitrogens with zero attached hydrogens (tertiary/aromatic N) is 2. The van der Waals surface area contributed by atoms with E-state index in [1.165, 1.54) is 25.1 Å². The average Bonchev–Trinajstić information content (AvgIpc) is 2.77. The van der Waals surface area contributed by atoms with Crippen LogP contribution in [0.5, 0.6) is 5.75 Å². The van der Waals surface area contributed by atoms with Crippen LogP contribution in [0.3, 0.4) is 0 Å². The molecular weight excluding hydrogens is 473 g/mol. The molecule has 1 saturated carbocycles. The van der Waals surface area contributed by atoms with Gasteiger partial charge in [-0.3, -0.25) is 19.3 Å². The van der Waals surface area contributed by atoms with Crippen molar-refractivity contribution in [2.45, 2.75) is 37.5 Å². The molecule has 3 aliphatic rings. The lowest BCUT2D eigenvalue weighted by molar-refractivity contribution is -0.153. The minimum absolute atomic E-state index is 0.0179. The summed E-state index contributed by atoms with van der Waals surface area (Å²) in [5.74, 6) is -8.27. The van der Waals surface area contributed by atoms with E-state index < -0.39 is 75.7 Å². The van der Waals surface area contributed by atoms with E-state index in [0.717, 1.165) is 0 Å². The number of nitrogens with two attached hydrogens (primary N) is 1. The van der Waals surface area contributed by atoms with Crippen LogP contribution >= 0.6 is 0 Å². The molecule has 0 spiro atoms. The topological polar surface area (TPSA) is 165 Å². The molecule has 6 N–H and O–H groups in total. The number of carbonyl (C=O) groups is 3. The zero-order valence-corrected chi connectivity index (χ0v) is 20.7. The fourth-order valence-corrected chi connectivity index (χ4v) is 5.89. The van der Waals surface area contributed by atoms with Gasteiger partial charge >= 0.3 is 0 Å². The van der Waals surface area contributed by atoms with E-state index in [1.54, 1.807) is 25.9 Å². The molecule has 1 amide bonds. The zero-order valence-electron chi connectivity index (χ0n) is 20.7. The Hall–Kier alpha value is -3.28. The second-order valence-corrected chi connectivity index (χ2v) is 10.3. The fourth-order valence-electron chi connectivity index (χ4n) is 5.89. The Morgan fingerprint density at radius 1 is 1.19 bits per heavy atom. The summed E-state index contributed by atoms with van der Waals surface area (Å²) in [5.41, 5.74) is 1.33. The van der Waals surface area contributed by atoms with Crippen LogP contribution in [0, 0.1) is 17.7 Å². The molecule has 10 nitrogen and oxygen atoms in total. The van der Waals surface area contributed by atoms with Crippen LogP contribution in [0.2, 0.25) is 0 Å². The highest BCUT2D eigenvalue weighted by molar-refractivity contribution is 6.24. The predicted molar refractivity (Wildman–Crippen MR) is 126 cm³/mol. The number of aromatic hydroxyl groups is 1. The minimum Gasteiger partial charge on any atom is -0.508 e. The third-order valence-corrected chi connectivity index (χ3v) is 7.91. The molecule has 194 valence electrons. The number of phenols is 1. The number of aliphatic hydroxyl groups excluding tert-OH is 2. The van der Waals surface area contributed by atoms with E-state index in [-0.39, 0.29) is 35.1 Å². The molecule has 4 rings (SSSR count). The average molecular weight is 504 g/mol. The molecule has 0 radical (unpaired) electrons. The summed E-state index contributed by atoms with van der Waals surface area (Å²) >= 11 is 0. The van der Waals surface area contributed by atoms with E-state index in [4.69, 9.17) is 5.73 Å². The molecule has 0 heterocycles. The van der Waals surface area contributed by atoms with Gasteiger partial charge in [-0.05, 0) is 59.9 Å². The van der Waals surface area contributed by atoms with Crippen LogP contribution in [0.25, 0.3) is 5.76 Å². The summed E-state index contributed by atoms with van der Waals surface area (Å²) in [5, 5.41) is 44.2. The van der Waals surface area contributed by atoms with Gasteiger partial charge in [0.1, 0.15) is 28.7 Å². The van der Waals surface area contributed by atoms with Crippen LogP contribution in [-0.4, -0.2) is 87.5 Å². The van der Waals surface area contributed by atoms with Gasteiger partial charge < -0.3 is 31.1 Å². The third-order valence-electron chi connectivity index (χ3n) is 7.91. The Kier molecular flexibility index (Phi) is 6.02. The number of benzene rings is 1. The molecule has 5 atom stereocenters. The number of amides is 1. The number of primary amides is 1. The monoisotopic (exact) mass is 503 g/mol. The van der Waals surface area contributed by atoms with Crippen LogP contribution in [0.15, 0.2) is 23.0 Å². The molecule has 0 aliphatic heterocycles. The van der Waals surface area contributed by atoms with Gasteiger partial charge in [-0.1, -0.05) is 0 Å². The van der Waals surface area contributed by atoms with E-state index in [0.29, 0.717) is 0 Å². The van der Waals surface area contributed by atoms with E-state index in [2.05, 4.69) is 0 Å². The summed E-state index contributed by atoms with van der Waals surface area (Å²) in [7, 11) is 6.52. The first kappa shape index (κ1) is 25.8. The summed E-state index contributed by atoms with van der Waals surface area (Å²) < 4.78 is 15.7. The fraction of sp³-hybridized carbons (Fsp3) is 0.480. The van der Waals surface area contributed by atoms with Gasteiger partial charge in [0.2, 0.25) is 5.78 Å². The molecule has 1 aromatic carbocycles. The zero-order chi connectivity index (χ0) is 27.0. The van der Waals surface area contributed by atoms with Gasteiger partial charge in [0.15, 0.2) is 11.4 Å².